The van der Waals surface area contributed by atoms with Crippen molar-refractivity contribution < 1.29 is 9.53 Å². The summed E-state index contributed by atoms with van der Waals surface area (Å²) in [5.74, 6) is 0.750. The van der Waals surface area contributed by atoms with Crippen LogP contribution in [0.4, 0.5) is 11.5 Å². The molecule has 0 aliphatic carbocycles. The molecule has 0 radical (unpaired) electrons. The minimum absolute atomic E-state index is 0.163. The van der Waals surface area contributed by atoms with E-state index >= 15 is 0 Å². The second kappa shape index (κ2) is 7.45. The molecule has 0 unspecified atom stereocenters. The summed E-state index contributed by atoms with van der Waals surface area (Å²) in [6, 6.07) is 3.77. The Morgan fingerprint density at radius 1 is 1.35 bits per heavy atom. The summed E-state index contributed by atoms with van der Waals surface area (Å²) in [6.45, 7) is 5.07. The van der Waals surface area contributed by atoms with Crippen LogP contribution in [0.25, 0.3) is 0 Å². The van der Waals surface area contributed by atoms with Crippen molar-refractivity contribution in [3.05, 3.63) is 42.6 Å². The predicted molar refractivity (Wildman–Crippen MR) is 79.9 cm³/mol. The number of nitrogens with zero attached hydrogens (tertiary/aromatic N) is 2. The van der Waals surface area contributed by atoms with Gasteiger partial charge in [-0.2, -0.15) is 0 Å². The highest BCUT2D eigenvalue weighted by atomic mass is 16.5. The van der Waals surface area contributed by atoms with E-state index in [4.69, 9.17) is 4.74 Å². The van der Waals surface area contributed by atoms with Crippen LogP contribution >= 0.6 is 0 Å². The summed E-state index contributed by atoms with van der Waals surface area (Å²) in [7, 11) is 0. The number of carbonyl (C=O) groups is 1. The molecule has 5 nitrogen and oxygen atoms in total. The molecule has 1 aliphatic heterocycles. The molecule has 1 aliphatic rings. The van der Waals surface area contributed by atoms with Gasteiger partial charge in [-0.3, -0.25) is 4.79 Å². The van der Waals surface area contributed by atoms with Crippen LogP contribution in [0, 0.1) is 0 Å². The van der Waals surface area contributed by atoms with Gasteiger partial charge in [0.05, 0.1) is 25.1 Å². The molecule has 0 aromatic carbocycles. The van der Waals surface area contributed by atoms with Crippen LogP contribution in [-0.2, 0) is 9.53 Å². The van der Waals surface area contributed by atoms with Gasteiger partial charge in [-0.05, 0) is 19.1 Å². The second-order valence-electron chi connectivity index (χ2n) is 4.38. The van der Waals surface area contributed by atoms with Gasteiger partial charge < -0.3 is 15.0 Å². The number of hydrogen-bond donors (Lipinski definition) is 1. The first-order valence-corrected chi connectivity index (χ1v) is 6.68. The Hall–Kier alpha value is -2.14. The Labute approximate surface area is 119 Å². The van der Waals surface area contributed by atoms with E-state index in [0.717, 1.165) is 32.1 Å². The zero-order valence-corrected chi connectivity index (χ0v) is 11.6. The summed E-state index contributed by atoms with van der Waals surface area (Å²) < 4.78 is 5.30. The lowest BCUT2D eigenvalue weighted by molar-refractivity contribution is -0.111. The summed E-state index contributed by atoms with van der Waals surface area (Å²) >= 11 is 0. The van der Waals surface area contributed by atoms with Crippen molar-refractivity contribution in [3.63, 3.8) is 0 Å². The van der Waals surface area contributed by atoms with Gasteiger partial charge in [0.25, 0.3) is 0 Å². The maximum Gasteiger partial charge on any atom is 0.248 e. The van der Waals surface area contributed by atoms with E-state index in [1.54, 1.807) is 18.3 Å². The zero-order chi connectivity index (χ0) is 14.2. The molecular weight excluding hydrogens is 254 g/mol. The average Bonchev–Trinajstić information content (AvgIpc) is 2.49. The largest absolute Gasteiger partial charge is 0.378 e. The second-order valence-corrected chi connectivity index (χ2v) is 4.38. The maximum absolute atomic E-state index is 11.6. The molecule has 0 saturated carbocycles. The quantitative estimate of drug-likeness (QED) is 0.673. The number of allylic oxidation sites excluding steroid dienone is 3. The third kappa shape index (κ3) is 4.20. The Morgan fingerprint density at radius 2 is 2.15 bits per heavy atom. The minimum atomic E-state index is -0.163. The van der Waals surface area contributed by atoms with E-state index in [1.807, 2.05) is 25.1 Å². The molecule has 0 atom stereocenters. The van der Waals surface area contributed by atoms with Gasteiger partial charge in [0, 0.05) is 19.2 Å². The number of anilines is 2. The van der Waals surface area contributed by atoms with Crippen LogP contribution in [0.1, 0.15) is 6.92 Å². The molecular formula is C15H19N3O2. The monoisotopic (exact) mass is 273 g/mol. The number of pyridine rings is 1. The average molecular weight is 273 g/mol. The van der Waals surface area contributed by atoms with Crippen molar-refractivity contribution in [3.8, 4) is 0 Å². The number of carbonyl (C=O) groups excluding carboxylic acids is 1. The van der Waals surface area contributed by atoms with Crippen LogP contribution < -0.4 is 10.2 Å². The van der Waals surface area contributed by atoms with Gasteiger partial charge in [0.2, 0.25) is 5.91 Å². The highest BCUT2D eigenvalue weighted by Crippen LogP contribution is 2.15. The fraction of sp³-hybridized carbons (Fsp3) is 0.333. The molecule has 20 heavy (non-hydrogen) atoms. The lowest BCUT2D eigenvalue weighted by Gasteiger charge is -2.27. The van der Waals surface area contributed by atoms with Crippen LogP contribution in [0.15, 0.2) is 42.6 Å². The number of aromatic nitrogens is 1. The number of nitrogens with one attached hydrogen (secondary N) is 1. The van der Waals surface area contributed by atoms with Gasteiger partial charge in [-0.1, -0.05) is 18.2 Å². The first-order chi connectivity index (χ1) is 9.79. The predicted octanol–water partition coefficient (Wildman–Crippen LogP) is 1.99. The molecule has 1 N–H and O–H groups in total. The van der Waals surface area contributed by atoms with Crippen molar-refractivity contribution in [2.45, 2.75) is 6.92 Å². The van der Waals surface area contributed by atoms with E-state index in [0.29, 0.717) is 5.69 Å². The number of ether oxygens (including phenoxy) is 1. The maximum atomic E-state index is 11.6. The van der Waals surface area contributed by atoms with Crippen molar-refractivity contribution >= 4 is 17.4 Å². The molecule has 2 heterocycles. The molecule has 1 aromatic rings. The minimum Gasteiger partial charge on any atom is -0.378 e. The normalized spacial score (nSPS) is 15.9. The fourth-order valence-corrected chi connectivity index (χ4v) is 1.88. The molecule has 1 saturated heterocycles. The standard InChI is InChI=1S/C15H19N3O2/c1-2-3-4-5-15(19)17-13-6-7-14(16-12-13)18-8-10-20-11-9-18/h2-7,12H,8-11H2,1H3,(H,17,19). The van der Waals surface area contributed by atoms with E-state index in [-0.39, 0.29) is 5.91 Å². The first kappa shape index (κ1) is 14.3. The Kier molecular flexibility index (Phi) is 5.32. The Bertz CT molecular complexity index is 488. The Morgan fingerprint density at radius 3 is 2.80 bits per heavy atom. The lowest BCUT2D eigenvalue weighted by atomic mass is 10.3. The number of rotatable bonds is 4. The van der Waals surface area contributed by atoms with Crippen LogP contribution in [0.3, 0.4) is 0 Å². The summed E-state index contributed by atoms with van der Waals surface area (Å²) in [5.41, 5.74) is 0.692. The number of hydrogen-bond acceptors (Lipinski definition) is 4. The molecule has 1 fully saturated rings. The van der Waals surface area contributed by atoms with Gasteiger partial charge in [0.1, 0.15) is 5.82 Å². The molecule has 2 rings (SSSR count). The number of morpholine rings is 1. The van der Waals surface area contributed by atoms with Gasteiger partial charge in [-0.15, -0.1) is 0 Å². The van der Waals surface area contributed by atoms with E-state index in [2.05, 4.69) is 15.2 Å². The number of amides is 1. The SMILES string of the molecule is CC=CC=CC(=O)Nc1ccc(N2CCOCC2)nc1. The van der Waals surface area contributed by atoms with Crippen LogP contribution in [0.2, 0.25) is 0 Å². The van der Waals surface area contributed by atoms with Gasteiger partial charge in [0.15, 0.2) is 0 Å². The third-order valence-corrected chi connectivity index (χ3v) is 2.90. The van der Waals surface area contributed by atoms with Crippen LogP contribution in [-0.4, -0.2) is 37.2 Å². The molecule has 106 valence electrons. The molecule has 0 bridgehead atoms. The fourth-order valence-electron chi connectivity index (χ4n) is 1.88. The van der Waals surface area contributed by atoms with Crippen molar-refractivity contribution in [2.24, 2.45) is 0 Å². The molecule has 5 heteroatoms. The first-order valence-electron chi connectivity index (χ1n) is 6.68. The smallest absolute Gasteiger partial charge is 0.248 e. The van der Waals surface area contributed by atoms with Crippen LogP contribution in [0.5, 0.6) is 0 Å². The molecule has 0 spiro atoms. The highest BCUT2D eigenvalue weighted by Gasteiger charge is 2.11. The van der Waals surface area contributed by atoms with E-state index in [9.17, 15) is 4.79 Å². The van der Waals surface area contributed by atoms with Gasteiger partial charge in [-0.25, -0.2) is 4.98 Å². The Balaban J connectivity index is 1.92. The lowest BCUT2D eigenvalue weighted by Crippen LogP contribution is -2.36. The van der Waals surface area contributed by atoms with Crippen molar-refractivity contribution in [1.29, 1.82) is 0 Å². The molecule has 1 aromatic heterocycles. The van der Waals surface area contributed by atoms with E-state index in [1.165, 1.54) is 6.08 Å². The van der Waals surface area contributed by atoms with Gasteiger partial charge >= 0.3 is 0 Å². The highest BCUT2D eigenvalue weighted by molar-refractivity contribution is 5.99. The zero-order valence-electron chi connectivity index (χ0n) is 11.6. The van der Waals surface area contributed by atoms with E-state index < -0.39 is 0 Å². The molecule has 1 amide bonds. The summed E-state index contributed by atoms with van der Waals surface area (Å²) in [5, 5.41) is 2.77. The van der Waals surface area contributed by atoms with Crippen molar-refractivity contribution in [2.75, 3.05) is 36.5 Å². The topological polar surface area (TPSA) is 54.5 Å². The summed E-state index contributed by atoms with van der Waals surface area (Å²) in [6.07, 6.45) is 8.52. The third-order valence-electron chi connectivity index (χ3n) is 2.90. The summed E-state index contributed by atoms with van der Waals surface area (Å²) in [4.78, 5) is 18.1. The van der Waals surface area contributed by atoms with Crippen molar-refractivity contribution in [1.82, 2.24) is 4.98 Å².